The average molecular weight is 340 g/mol. The monoisotopic (exact) mass is 339 g/mol. The van der Waals surface area contributed by atoms with Gasteiger partial charge in [0.15, 0.2) is 6.61 Å². The topological polar surface area (TPSA) is 61.0 Å². The third-order valence-electron chi connectivity index (χ3n) is 3.14. The number of benzene rings is 1. The van der Waals surface area contributed by atoms with E-state index in [1.807, 2.05) is 6.92 Å². The summed E-state index contributed by atoms with van der Waals surface area (Å²) in [5.41, 5.74) is 0.0107. The van der Waals surface area contributed by atoms with Crippen molar-refractivity contribution in [2.45, 2.75) is 26.4 Å². The van der Waals surface area contributed by atoms with Crippen LogP contribution in [0.3, 0.4) is 0 Å². The van der Waals surface area contributed by atoms with Crippen LogP contribution in [-0.4, -0.2) is 15.2 Å². The molecule has 0 spiro atoms. The largest absolute Gasteiger partial charge is 0.483 e. The van der Waals surface area contributed by atoms with Gasteiger partial charge in [0.2, 0.25) is 5.89 Å². The zero-order chi connectivity index (χ0) is 16.4. The molecule has 0 fully saturated rings. The van der Waals surface area contributed by atoms with Gasteiger partial charge in [-0.2, -0.15) is 0 Å². The molecule has 0 radical (unpaired) electrons. The molecule has 3 aromatic rings. The van der Waals surface area contributed by atoms with Gasteiger partial charge < -0.3 is 9.15 Å². The summed E-state index contributed by atoms with van der Waals surface area (Å²) in [6.45, 7) is 1.85. The van der Waals surface area contributed by atoms with Gasteiger partial charge in [-0.05, 0) is 18.2 Å². The molecule has 0 unspecified atom stereocenters. The molecule has 0 saturated heterocycles. The molecule has 0 bridgehead atoms. The summed E-state index contributed by atoms with van der Waals surface area (Å²) in [5.74, 6) is 0.996. The van der Waals surface area contributed by atoms with Crippen molar-refractivity contribution < 1.29 is 17.9 Å². The molecule has 2 heterocycles. The first-order chi connectivity index (χ1) is 11.1. The van der Waals surface area contributed by atoms with Crippen LogP contribution in [0.5, 0.6) is 5.75 Å². The lowest BCUT2D eigenvalue weighted by Gasteiger charge is -2.10. The van der Waals surface area contributed by atoms with Gasteiger partial charge in [-0.15, -0.1) is 10.2 Å². The number of nitrogens with zero attached hydrogens (tertiary/aromatic N) is 3. The van der Waals surface area contributed by atoms with Crippen molar-refractivity contribution in [2.75, 3.05) is 0 Å². The van der Waals surface area contributed by atoms with Crippen LogP contribution >= 0.6 is 11.6 Å². The van der Waals surface area contributed by atoms with E-state index in [9.17, 15) is 8.78 Å². The third-order valence-corrected chi connectivity index (χ3v) is 3.37. The van der Waals surface area contributed by atoms with Crippen molar-refractivity contribution in [2.24, 2.45) is 0 Å². The first-order valence-electron chi connectivity index (χ1n) is 6.89. The zero-order valence-electron chi connectivity index (χ0n) is 12.1. The predicted octanol–water partition coefficient (Wildman–Crippen LogP) is 4.35. The number of hydrogen-bond acceptors (Lipinski definition) is 5. The molecule has 0 aliphatic rings. The minimum Gasteiger partial charge on any atom is -0.483 e. The Bertz CT molecular complexity index is 839. The summed E-state index contributed by atoms with van der Waals surface area (Å²) in [6, 6.07) is 5.96. The van der Waals surface area contributed by atoms with E-state index in [-0.39, 0.29) is 23.9 Å². The van der Waals surface area contributed by atoms with Crippen molar-refractivity contribution in [3.8, 4) is 5.75 Å². The second-order valence-electron chi connectivity index (χ2n) is 4.74. The molecule has 23 heavy (non-hydrogen) atoms. The van der Waals surface area contributed by atoms with Crippen LogP contribution < -0.4 is 4.74 Å². The molecule has 0 amide bonds. The molecule has 5 nitrogen and oxygen atoms in total. The lowest BCUT2D eigenvalue weighted by molar-refractivity contribution is 0.145. The normalized spacial score (nSPS) is 11.3. The van der Waals surface area contributed by atoms with Crippen molar-refractivity contribution in [1.82, 2.24) is 15.2 Å². The Hall–Kier alpha value is -2.28. The first kappa shape index (κ1) is 15.6. The Balaban J connectivity index is 1.95. The maximum Gasteiger partial charge on any atom is 0.280 e. The first-order valence-corrected chi connectivity index (χ1v) is 7.27. The van der Waals surface area contributed by atoms with Crippen LogP contribution in [0.1, 0.15) is 30.8 Å². The van der Waals surface area contributed by atoms with Crippen molar-refractivity contribution in [1.29, 1.82) is 0 Å². The zero-order valence-corrected chi connectivity index (χ0v) is 12.8. The highest BCUT2D eigenvalue weighted by molar-refractivity contribution is 6.31. The summed E-state index contributed by atoms with van der Waals surface area (Å²) < 4.78 is 36.9. The maximum atomic E-state index is 13.0. The number of alkyl halides is 2. The molecule has 0 aliphatic heterocycles. The van der Waals surface area contributed by atoms with E-state index in [2.05, 4.69) is 15.2 Å². The fourth-order valence-electron chi connectivity index (χ4n) is 2.05. The number of hydrogen-bond donors (Lipinski definition) is 0. The molecule has 2 aromatic heterocycles. The standard InChI is InChI=1S/C15H12ClF2N3O2/c1-2-13-20-21-14(23-13)7-22-12-6-11(15(17)18)19-10-4-3-8(16)5-9(10)12/h3-6,15H,2,7H2,1H3. The minimum absolute atomic E-state index is 0.0265. The number of aromatic nitrogens is 3. The second-order valence-corrected chi connectivity index (χ2v) is 5.18. The highest BCUT2D eigenvalue weighted by atomic mass is 35.5. The van der Waals surface area contributed by atoms with Gasteiger partial charge in [0.1, 0.15) is 11.4 Å². The number of rotatable bonds is 5. The average Bonchev–Trinajstić information content (AvgIpc) is 3.00. The molecule has 0 aliphatic carbocycles. The van der Waals surface area contributed by atoms with E-state index >= 15 is 0 Å². The predicted molar refractivity (Wildman–Crippen MR) is 79.7 cm³/mol. The Labute approximate surface area is 135 Å². The van der Waals surface area contributed by atoms with Crippen LogP contribution in [-0.2, 0) is 13.0 Å². The van der Waals surface area contributed by atoms with Gasteiger partial charge >= 0.3 is 0 Å². The Morgan fingerprint density at radius 3 is 2.70 bits per heavy atom. The number of aryl methyl sites for hydroxylation is 1. The lowest BCUT2D eigenvalue weighted by atomic mass is 10.2. The molecule has 0 N–H and O–H groups in total. The number of halogens is 3. The summed E-state index contributed by atoms with van der Waals surface area (Å²) in [7, 11) is 0. The molecule has 8 heteroatoms. The quantitative estimate of drug-likeness (QED) is 0.691. The van der Waals surface area contributed by atoms with Gasteiger partial charge in [-0.25, -0.2) is 13.8 Å². The fourth-order valence-corrected chi connectivity index (χ4v) is 2.22. The number of fused-ring (bicyclic) bond motifs is 1. The van der Waals surface area contributed by atoms with Crippen LogP contribution in [0.15, 0.2) is 28.7 Å². The smallest absolute Gasteiger partial charge is 0.280 e. The molecule has 120 valence electrons. The maximum absolute atomic E-state index is 13.0. The number of ether oxygens (including phenoxy) is 1. The molecule has 0 saturated carbocycles. The molecule has 3 rings (SSSR count). The van der Waals surface area contributed by atoms with Crippen molar-refractivity contribution >= 4 is 22.5 Å². The van der Waals surface area contributed by atoms with Gasteiger partial charge in [-0.3, -0.25) is 0 Å². The van der Waals surface area contributed by atoms with Crippen LogP contribution in [0.2, 0.25) is 5.02 Å². The summed E-state index contributed by atoms with van der Waals surface area (Å²) in [5, 5.41) is 8.64. The van der Waals surface area contributed by atoms with Crippen LogP contribution in [0.25, 0.3) is 10.9 Å². The van der Waals surface area contributed by atoms with Crippen LogP contribution in [0, 0.1) is 0 Å². The SMILES string of the molecule is CCc1nnc(COc2cc(C(F)F)nc3ccc(Cl)cc23)o1. The fraction of sp³-hybridized carbons (Fsp3) is 0.267. The van der Waals surface area contributed by atoms with E-state index < -0.39 is 6.43 Å². The highest BCUT2D eigenvalue weighted by Gasteiger charge is 2.15. The van der Waals surface area contributed by atoms with Gasteiger partial charge in [0, 0.05) is 22.9 Å². The van der Waals surface area contributed by atoms with Gasteiger partial charge in [-0.1, -0.05) is 18.5 Å². The van der Waals surface area contributed by atoms with E-state index in [0.717, 1.165) is 0 Å². The van der Waals surface area contributed by atoms with Gasteiger partial charge in [0.25, 0.3) is 12.3 Å². The highest BCUT2D eigenvalue weighted by Crippen LogP contribution is 2.31. The summed E-state index contributed by atoms with van der Waals surface area (Å²) in [6.07, 6.45) is -2.09. The van der Waals surface area contributed by atoms with E-state index in [0.29, 0.717) is 28.2 Å². The third kappa shape index (κ3) is 3.39. The Kier molecular flexibility index (Phi) is 4.38. The Morgan fingerprint density at radius 1 is 1.22 bits per heavy atom. The minimum atomic E-state index is -2.70. The molecule has 1 aromatic carbocycles. The van der Waals surface area contributed by atoms with Crippen molar-refractivity contribution in [3.63, 3.8) is 0 Å². The Morgan fingerprint density at radius 2 is 2.00 bits per heavy atom. The van der Waals surface area contributed by atoms with Gasteiger partial charge in [0.05, 0.1) is 5.52 Å². The van der Waals surface area contributed by atoms with E-state index in [1.54, 1.807) is 18.2 Å². The summed E-state index contributed by atoms with van der Waals surface area (Å²) >= 11 is 5.96. The molecular formula is C15H12ClF2N3O2. The lowest BCUT2D eigenvalue weighted by Crippen LogP contribution is -1.99. The number of pyridine rings is 1. The van der Waals surface area contributed by atoms with Crippen LogP contribution in [0.4, 0.5) is 8.78 Å². The molecule has 0 atom stereocenters. The van der Waals surface area contributed by atoms with E-state index in [4.69, 9.17) is 20.8 Å². The second kappa shape index (κ2) is 6.45. The van der Waals surface area contributed by atoms with Crippen molar-refractivity contribution in [3.05, 3.63) is 46.8 Å². The summed E-state index contributed by atoms with van der Waals surface area (Å²) in [4.78, 5) is 3.91. The van der Waals surface area contributed by atoms with E-state index in [1.165, 1.54) is 6.07 Å². The molecular weight excluding hydrogens is 328 g/mol.